The highest BCUT2D eigenvalue weighted by molar-refractivity contribution is 7.89. The van der Waals surface area contributed by atoms with Crippen molar-refractivity contribution in [1.29, 1.82) is 0 Å². The summed E-state index contributed by atoms with van der Waals surface area (Å²) < 4.78 is 32.8. The van der Waals surface area contributed by atoms with Gasteiger partial charge in [-0.3, -0.25) is 4.79 Å². The van der Waals surface area contributed by atoms with Crippen molar-refractivity contribution in [1.82, 2.24) is 9.62 Å². The van der Waals surface area contributed by atoms with Crippen molar-refractivity contribution >= 4 is 22.0 Å². The average molecular weight is 395 g/mol. The van der Waals surface area contributed by atoms with E-state index in [1.807, 2.05) is 0 Å². The van der Waals surface area contributed by atoms with Gasteiger partial charge >= 0.3 is 0 Å². The summed E-state index contributed by atoms with van der Waals surface area (Å²) in [5.74, 6) is 0.657. The number of carbonyl (C=O) groups excluding carboxylic acids is 1. The van der Waals surface area contributed by atoms with Crippen LogP contribution in [0.2, 0.25) is 0 Å². The van der Waals surface area contributed by atoms with Crippen LogP contribution in [0.15, 0.2) is 29.2 Å². The van der Waals surface area contributed by atoms with Crippen molar-refractivity contribution in [2.45, 2.75) is 44.4 Å². The van der Waals surface area contributed by atoms with E-state index in [4.69, 9.17) is 4.74 Å². The highest BCUT2D eigenvalue weighted by Gasteiger charge is 2.28. The molecular weight excluding hydrogens is 364 g/mol. The Balaban J connectivity index is 2.17. The minimum absolute atomic E-state index is 0.147. The maximum Gasteiger partial charge on any atom is 0.246 e. The summed E-state index contributed by atoms with van der Waals surface area (Å²) in [6.45, 7) is 5.89. The zero-order valence-electron chi connectivity index (χ0n) is 16.4. The molecule has 1 aromatic rings. The van der Waals surface area contributed by atoms with Crippen LogP contribution in [-0.2, 0) is 14.8 Å². The average Bonchev–Trinajstić information content (AvgIpc) is 2.66. The first-order valence-corrected chi connectivity index (χ1v) is 10.9. The molecule has 1 aromatic carbocycles. The summed E-state index contributed by atoms with van der Waals surface area (Å²) in [4.78, 5) is 12.0. The molecule has 0 spiro atoms. The van der Waals surface area contributed by atoms with Crippen LogP contribution in [0.4, 0.5) is 0 Å². The predicted molar refractivity (Wildman–Crippen MR) is 107 cm³/mol. The third kappa shape index (κ3) is 6.07. The molecule has 150 valence electrons. The molecule has 27 heavy (non-hydrogen) atoms. The normalized spacial score (nSPS) is 16.0. The number of hydrogen-bond donors (Lipinski definition) is 1. The highest BCUT2D eigenvalue weighted by atomic mass is 32.2. The second-order valence-electron chi connectivity index (χ2n) is 7.18. The molecule has 1 heterocycles. The number of hydrogen-bond acceptors (Lipinski definition) is 4. The van der Waals surface area contributed by atoms with Crippen LogP contribution in [0, 0.1) is 5.92 Å². The number of benzene rings is 1. The molecule has 1 aliphatic heterocycles. The van der Waals surface area contributed by atoms with Gasteiger partial charge in [-0.15, -0.1) is 0 Å². The van der Waals surface area contributed by atoms with Gasteiger partial charge in [-0.05, 0) is 49.0 Å². The first kappa shape index (κ1) is 21.4. The maximum atomic E-state index is 13.0. The van der Waals surface area contributed by atoms with E-state index in [0.29, 0.717) is 36.9 Å². The van der Waals surface area contributed by atoms with Crippen molar-refractivity contribution in [3.05, 3.63) is 29.8 Å². The number of carbonyl (C=O) groups is 1. The van der Waals surface area contributed by atoms with E-state index in [2.05, 4.69) is 19.2 Å². The molecule has 6 nitrogen and oxygen atoms in total. The van der Waals surface area contributed by atoms with Crippen LogP contribution < -0.4 is 10.1 Å². The Morgan fingerprint density at radius 2 is 1.96 bits per heavy atom. The molecule has 0 aliphatic carbocycles. The van der Waals surface area contributed by atoms with Gasteiger partial charge < -0.3 is 10.1 Å². The van der Waals surface area contributed by atoms with Gasteiger partial charge in [0, 0.05) is 25.7 Å². The first-order chi connectivity index (χ1) is 12.8. The van der Waals surface area contributed by atoms with E-state index in [1.165, 1.54) is 17.5 Å². The lowest BCUT2D eigenvalue weighted by molar-refractivity contribution is -0.116. The van der Waals surface area contributed by atoms with Crippen molar-refractivity contribution in [2.75, 3.05) is 26.7 Å². The fourth-order valence-corrected chi connectivity index (χ4v) is 4.67. The smallest absolute Gasteiger partial charge is 0.246 e. The topological polar surface area (TPSA) is 75.7 Å². The lowest BCUT2D eigenvalue weighted by Gasteiger charge is -2.26. The minimum Gasteiger partial charge on any atom is -0.495 e. The number of rotatable bonds is 8. The molecule has 0 saturated carbocycles. The lowest BCUT2D eigenvalue weighted by Crippen LogP contribution is -2.35. The lowest BCUT2D eigenvalue weighted by atomic mass is 10.1. The zero-order chi connectivity index (χ0) is 19.9. The fraction of sp³-hybridized carbons (Fsp3) is 0.550. The summed E-state index contributed by atoms with van der Waals surface area (Å²) in [6, 6.07) is 4.94. The van der Waals surface area contributed by atoms with Gasteiger partial charge in [-0.25, -0.2) is 8.42 Å². The molecule has 1 saturated heterocycles. The Morgan fingerprint density at radius 3 is 2.59 bits per heavy atom. The molecular formula is C20H30N2O4S. The molecule has 0 bridgehead atoms. The third-order valence-corrected chi connectivity index (χ3v) is 6.49. The highest BCUT2D eigenvalue weighted by Crippen LogP contribution is 2.29. The number of nitrogens with zero attached hydrogens (tertiary/aromatic N) is 1. The summed E-state index contributed by atoms with van der Waals surface area (Å²) in [5, 5.41) is 2.83. The van der Waals surface area contributed by atoms with E-state index < -0.39 is 10.0 Å². The Labute approximate surface area is 162 Å². The Hall–Kier alpha value is -1.86. The third-order valence-electron chi connectivity index (χ3n) is 4.57. The second kappa shape index (κ2) is 9.90. The number of methoxy groups -OCH3 is 1. The summed E-state index contributed by atoms with van der Waals surface area (Å²) in [5.41, 5.74) is 0.644. The van der Waals surface area contributed by atoms with Crippen LogP contribution >= 0.6 is 0 Å². The molecule has 2 rings (SSSR count). The van der Waals surface area contributed by atoms with E-state index in [0.717, 1.165) is 25.7 Å². The van der Waals surface area contributed by atoms with E-state index in [-0.39, 0.29) is 10.8 Å². The van der Waals surface area contributed by atoms with Crippen LogP contribution in [0.3, 0.4) is 0 Å². The molecule has 0 aromatic heterocycles. The molecule has 7 heteroatoms. The molecule has 0 radical (unpaired) electrons. The number of nitrogens with one attached hydrogen (secondary N) is 1. The van der Waals surface area contributed by atoms with Gasteiger partial charge in [-0.2, -0.15) is 4.31 Å². The Bertz CT molecular complexity index is 766. The Kier molecular flexibility index (Phi) is 7.86. The van der Waals surface area contributed by atoms with Gasteiger partial charge in [0.05, 0.1) is 7.11 Å². The van der Waals surface area contributed by atoms with Gasteiger partial charge in [0.15, 0.2) is 0 Å². The van der Waals surface area contributed by atoms with E-state index in [1.54, 1.807) is 24.3 Å². The maximum absolute atomic E-state index is 13.0. The Morgan fingerprint density at radius 1 is 1.26 bits per heavy atom. The number of ether oxygens (including phenoxy) is 1. The summed E-state index contributed by atoms with van der Waals surface area (Å²) in [6.07, 6.45) is 6.77. The number of piperidine rings is 1. The van der Waals surface area contributed by atoms with Crippen LogP contribution in [0.5, 0.6) is 5.75 Å². The first-order valence-electron chi connectivity index (χ1n) is 9.48. The van der Waals surface area contributed by atoms with Gasteiger partial charge in [0.2, 0.25) is 15.9 Å². The summed E-state index contributed by atoms with van der Waals surface area (Å²) >= 11 is 0. The van der Waals surface area contributed by atoms with Crippen molar-refractivity contribution in [3.8, 4) is 5.75 Å². The van der Waals surface area contributed by atoms with Crippen molar-refractivity contribution in [3.63, 3.8) is 0 Å². The molecule has 1 fully saturated rings. The molecule has 1 aliphatic rings. The standard InChI is InChI=1S/C20H30N2O4S/c1-16(2)11-12-21-20(23)10-8-17-7-9-18(26-3)19(15-17)27(24,25)22-13-5-4-6-14-22/h7-10,15-16H,4-6,11-14H2,1-3H3,(H,21,23)/b10-8+. The van der Waals surface area contributed by atoms with Gasteiger partial charge in [0.25, 0.3) is 0 Å². The SMILES string of the molecule is COc1ccc(/C=C/C(=O)NCCC(C)C)cc1S(=O)(=O)N1CCCCC1. The van der Waals surface area contributed by atoms with Gasteiger partial charge in [-0.1, -0.05) is 26.3 Å². The molecule has 0 atom stereocenters. The quantitative estimate of drug-likeness (QED) is 0.688. The predicted octanol–water partition coefficient (Wildman–Crippen LogP) is 3.05. The largest absolute Gasteiger partial charge is 0.495 e. The van der Waals surface area contributed by atoms with Gasteiger partial charge in [0.1, 0.15) is 10.6 Å². The zero-order valence-corrected chi connectivity index (χ0v) is 17.2. The van der Waals surface area contributed by atoms with Crippen molar-refractivity contribution in [2.24, 2.45) is 5.92 Å². The van der Waals surface area contributed by atoms with Crippen LogP contribution in [0.25, 0.3) is 6.08 Å². The molecule has 1 amide bonds. The van der Waals surface area contributed by atoms with E-state index in [9.17, 15) is 13.2 Å². The van der Waals surface area contributed by atoms with E-state index >= 15 is 0 Å². The monoisotopic (exact) mass is 394 g/mol. The van der Waals surface area contributed by atoms with Crippen molar-refractivity contribution < 1.29 is 17.9 Å². The van der Waals surface area contributed by atoms with Crippen LogP contribution in [-0.4, -0.2) is 45.4 Å². The second-order valence-corrected chi connectivity index (χ2v) is 9.09. The fourth-order valence-electron chi connectivity index (χ4n) is 2.96. The van der Waals surface area contributed by atoms with Crippen LogP contribution in [0.1, 0.15) is 45.1 Å². The molecule has 1 N–H and O–H groups in total. The summed E-state index contributed by atoms with van der Waals surface area (Å²) in [7, 11) is -2.16. The minimum atomic E-state index is -3.62. The number of sulfonamides is 1. The molecule has 0 unspecified atom stereocenters. The number of amides is 1.